The minimum atomic E-state index is 0.577. The van der Waals surface area contributed by atoms with Crippen molar-refractivity contribution in [3.8, 4) is 23.8 Å². The first-order valence-electron chi connectivity index (χ1n) is 8.89. The Morgan fingerprint density at radius 2 is 1.96 bits per heavy atom. The molecule has 1 aromatic carbocycles. The third-order valence-electron chi connectivity index (χ3n) is 5.01. The molecule has 1 aromatic heterocycles. The number of hydrogen-bond acceptors (Lipinski definition) is 3. The smallest absolute Gasteiger partial charge is 0.226 e. The van der Waals surface area contributed by atoms with E-state index in [0.29, 0.717) is 18.5 Å². The topological polar surface area (TPSA) is 29.3 Å². The maximum Gasteiger partial charge on any atom is 0.226 e. The van der Waals surface area contributed by atoms with Crippen LogP contribution in [-0.4, -0.2) is 22.5 Å². The zero-order valence-electron chi connectivity index (χ0n) is 14.7. The third-order valence-corrected chi connectivity index (χ3v) is 5.01. The summed E-state index contributed by atoms with van der Waals surface area (Å²) in [7, 11) is 0. The van der Waals surface area contributed by atoms with Gasteiger partial charge in [-0.25, -0.2) is 4.98 Å². The van der Waals surface area contributed by atoms with Crippen LogP contribution in [0.1, 0.15) is 49.1 Å². The molecule has 0 N–H and O–H groups in total. The quantitative estimate of drug-likeness (QED) is 0.746. The first kappa shape index (κ1) is 16.8. The summed E-state index contributed by atoms with van der Waals surface area (Å²) in [5, 5.41) is 0. The van der Waals surface area contributed by atoms with Gasteiger partial charge >= 0.3 is 0 Å². The SMILES string of the molecule is C#CCN(Cc1nc(-c2ccccc2C)oc1C)C1CCCCC1. The predicted octanol–water partition coefficient (Wildman–Crippen LogP) is 4.73. The van der Waals surface area contributed by atoms with Crippen molar-refractivity contribution in [1.29, 1.82) is 0 Å². The molecule has 1 aliphatic carbocycles. The Balaban J connectivity index is 1.81. The van der Waals surface area contributed by atoms with Gasteiger partial charge in [-0.15, -0.1) is 6.42 Å². The van der Waals surface area contributed by atoms with Gasteiger partial charge in [-0.3, -0.25) is 4.90 Å². The van der Waals surface area contributed by atoms with E-state index in [1.54, 1.807) is 0 Å². The Kier molecular flexibility index (Phi) is 5.37. The fourth-order valence-corrected chi connectivity index (χ4v) is 3.57. The van der Waals surface area contributed by atoms with Gasteiger partial charge in [-0.05, 0) is 38.3 Å². The fourth-order valence-electron chi connectivity index (χ4n) is 3.57. The van der Waals surface area contributed by atoms with Crippen molar-refractivity contribution in [2.45, 2.75) is 58.5 Å². The molecule has 24 heavy (non-hydrogen) atoms. The molecule has 1 heterocycles. The highest BCUT2D eigenvalue weighted by Crippen LogP contribution is 2.27. The lowest BCUT2D eigenvalue weighted by Crippen LogP contribution is -2.36. The van der Waals surface area contributed by atoms with E-state index >= 15 is 0 Å². The molecular formula is C21H26N2O. The monoisotopic (exact) mass is 322 g/mol. The molecule has 0 radical (unpaired) electrons. The molecular weight excluding hydrogens is 296 g/mol. The number of aryl methyl sites for hydroxylation is 2. The zero-order chi connectivity index (χ0) is 16.9. The molecule has 0 unspecified atom stereocenters. The standard InChI is InChI=1S/C21H26N2O/c1-4-14-23(18-11-6-5-7-12-18)15-20-17(3)24-21(22-20)19-13-9-8-10-16(19)2/h1,8-10,13,18H,5-7,11-12,14-15H2,2-3H3. The number of oxazole rings is 1. The van der Waals surface area contributed by atoms with Gasteiger partial charge in [-0.1, -0.05) is 43.4 Å². The lowest BCUT2D eigenvalue weighted by atomic mass is 9.94. The second-order valence-electron chi connectivity index (χ2n) is 6.74. The van der Waals surface area contributed by atoms with Gasteiger partial charge in [0, 0.05) is 18.2 Å². The molecule has 0 saturated heterocycles. The van der Waals surface area contributed by atoms with Crippen molar-refractivity contribution in [2.24, 2.45) is 0 Å². The number of nitrogens with zero attached hydrogens (tertiary/aromatic N) is 2. The predicted molar refractivity (Wildman–Crippen MR) is 97.5 cm³/mol. The van der Waals surface area contributed by atoms with Crippen molar-refractivity contribution in [3.63, 3.8) is 0 Å². The van der Waals surface area contributed by atoms with Gasteiger partial charge in [0.15, 0.2) is 0 Å². The van der Waals surface area contributed by atoms with Crippen LogP contribution < -0.4 is 0 Å². The van der Waals surface area contributed by atoms with Gasteiger partial charge in [0.25, 0.3) is 0 Å². The lowest BCUT2D eigenvalue weighted by molar-refractivity contribution is 0.165. The zero-order valence-corrected chi connectivity index (χ0v) is 14.7. The second-order valence-corrected chi connectivity index (χ2v) is 6.74. The van der Waals surface area contributed by atoms with Crippen LogP contribution >= 0.6 is 0 Å². The Hall–Kier alpha value is -2.05. The highest BCUT2D eigenvalue weighted by atomic mass is 16.4. The van der Waals surface area contributed by atoms with Crippen LogP contribution in [0, 0.1) is 26.2 Å². The summed E-state index contributed by atoms with van der Waals surface area (Å²) < 4.78 is 5.96. The van der Waals surface area contributed by atoms with Crippen molar-refractivity contribution >= 4 is 0 Å². The minimum absolute atomic E-state index is 0.577. The third kappa shape index (κ3) is 3.71. The molecule has 0 bridgehead atoms. The number of aromatic nitrogens is 1. The van der Waals surface area contributed by atoms with E-state index in [-0.39, 0.29) is 0 Å². The van der Waals surface area contributed by atoms with Gasteiger partial charge < -0.3 is 4.42 Å². The normalized spacial score (nSPS) is 15.6. The summed E-state index contributed by atoms with van der Waals surface area (Å²) in [6.45, 7) is 5.53. The molecule has 0 aliphatic heterocycles. The molecule has 1 saturated carbocycles. The van der Waals surface area contributed by atoms with Crippen molar-refractivity contribution in [1.82, 2.24) is 9.88 Å². The van der Waals surface area contributed by atoms with E-state index in [1.165, 1.54) is 37.7 Å². The largest absolute Gasteiger partial charge is 0.441 e. The van der Waals surface area contributed by atoms with E-state index < -0.39 is 0 Å². The van der Waals surface area contributed by atoms with E-state index in [9.17, 15) is 0 Å². The maximum absolute atomic E-state index is 5.96. The van der Waals surface area contributed by atoms with Gasteiger partial charge in [0.1, 0.15) is 5.76 Å². The number of benzene rings is 1. The van der Waals surface area contributed by atoms with Crippen LogP contribution in [0.2, 0.25) is 0 Å². The fraction of sp³-hybridized carbons (Fsp3) is 0.476. The Labute approximate surface area is 145 Å². The van der Waals surface area contributed by atoms with E-state index in [0.717, 1.165) is 23.6 Å². The van der Waals surface area contributed by atoms with Crippen molar-refractivity contribution in [3.05, 3.63) is 41.3 Å². The average Bonchev–Trinajstić information content (AvgIpc) is 2.96. The lowest BCUT2D eigenvalue weighted by Gasteiger charge is -2.32. The molecule has 2 aromatic rings. The van der Waals surface area contributed by atoms with Gasteiger partial charge in [0.2, 0.25) is 5.89 Å². The second kappa shape index (κ2) is 7.68. The van der Waals surface area contributed by atoms with Crippen LogP contribution in [0.5, 0.6) is 0 Å². The summed E-state index contributed by atoms with van der Waals surface area (Å²) in [5.74, 6) is 4.43. The van der Waals surface area contributed by atoms with Gasteiger partial charge in [-0.2, -0.15) is 0 Å². The molecule has 1 fully saturated rings. The van der Waals surface area contributed by atoms with Crippen LogP contribution in [0.25, 0.3) is 11.5 Å². The summed E-state index contributed by atoms with van der Waals surface area (Å²) in [5.41, 5.74) is 3.25. The molecule has 3 nitrogen and oxygen atoms in total. The molecule has 0 spiro atoms. The summed E-state index contributed by atoms with van der Waals surface area (Å²) in [4.78, 5) is 7.18. The van der Waals surface area contributed by atoms with Crippen molar-refractivity contribution < 1.29 is 4.42 Å². The van der Waals surface area contributed by atoms with Crippen molar-refractivity contribution in [2.75, 3.05) is 6.54 Å². The van der Waals surface area contributed by atoms with Crippen LogP contribution in [0.4, 0.5) is 0 Å². The Bertz CT molecular complexity index is 720. The highest BCUT2D eigenvalue weighted by molar-refractivity contribution is 5.58. The van der Waals surface area contributed by atoms with Crippen LogP contribution in [0.3, 0.4) is 0 Å². The first-order valence-corrected chi connectivity index (χ1v) is 8.89. The summed E-state index contributed by atoms with van der Waals surface area (Å²) in [6.07, 6.45) is 12.0. The molecule has 3 heteroatoms. The summed E-state index contributed by atoms with van der Waals surface area (Å²) >= 11 is 0. The molecule has 0 atom stereocenters. The highest BCUT2D eigenvalue weighted by Gasteiger charge is 2.23. The number of terminal acetylenes is 1. The Morgan fingerprint density at radius 3 is 2.67 bits per heavy atom. The van der Waals surface area contributed by atoms with Gasteiger partial charge in [0.05, 0.1) is 12.2 Å². The molecule has 126 valence electrons. The molecule has 3 rings (SSSR count). The first-order chi connectivity index (χ1) is 11.7. The van der Waals surface area contributed by atoms with Crippen LogP contribution in [0.15, 0.2) is 28.7 Å². The van der Waals surface area contributed by atoms with Crippen LogP contribution in [-0.2, 0) is 6.54 Å². The summed E-state index contributed by atoms with van der Waals surface area (Å²) in [6, 6.07) is 8.78. The van der Waals surface area contributed by atoms with E-state index in [2.05, 4.69) is 29.9 Å². The Morgan fingerprint density at radius 1 is 1.21 bits per heavy atom. The molecule has 1 aliphatic rings. The maximum atomic E-state index is 5.96. The van der Waals surface area contributed by atoms with E-state index in [1.807, 2.05) is 19.1 Å². The minimum Gasteiger partial charge on any atom is -0.441 e. The number of hydrogen-bond donors (Lipinski definition) is 0. The molecule has 0 amide bonds. The average molecular weight is 322 g/mol. The van der Waals surface area contributed by atoms with E-state index in [4.69, 9.17) is 15.8 Å². The number of rotatable bonds is 5.